The van der Waals surface area contributed by atoms with E-state index in [-0.39, 0.29) is 0 Å². The van der Waals surface area contributed by atoms with Gasteiger partial charge < -0.3 is 14.7 Å². The van der Waals surface area contributed by atoms with Gasteiger partial charge in [-0.3, -0.25) is 0 Å². The van der Waals surface area contributed by atoms with Crippen molar-refractivity contribution in [3.8, 4) is 28.1 Å². The number of ether oxygens (including phenoxy) is 1. The summed E-state index contributed by atoms with van der Waals surface area (Å²) in [5.74, 6) is 0.802. The first-order chi connectivity index (χ1) is 12.8. The number of aromatic amines is 2. The van der Waals surface area contributed by atoms with Gasteiger partial charge in [0, 0.05) is 29.0 Å². The highest BCUT2D eigenvalue weighted by molar-refractivity contribution is 5.94. The van der Waals surface area contributed by atoms with Gasteiger partial charge in [-0.15, -0.1) is 0 Å². The van der Waals surface area contributed by atoms with Crippen molar-refractivity contribution in [3.63, 3.8) is 0 Å². The minimum atomic E-state index is 0.779. The van der Waals surface area contributed by atoms with E-state index in [2.05, 4.69) is 39.2 Å². The summed E-state index contributed by atoms with van der Waals surface area (Å²) >= 11 is 0. The Morgan fingerprint density at radius 3 is 2.85 bits per heavy atom. The van der Waals surface area contributed by atoms with Crippen molar-refractivity contribution in [2.45, 2.75) is 0 Å². The molecule has 0 atom stereocenters. The third kappa shape index (κ3) is 2.33. The summed E-state index contributed by atoms with van der Waals surface area (Å²) in [5, 5.41) is 1.17. The minimum absolute atomic E-state index is 0.779. The number of benzene rings is 2. The predicted octanol–water partition coefficient (Wildman–Crippen LogP) is 4.78. The maximum Gasteiger partial charge on any atom is 0.156 e. The zero-order valence-corrected chi connectivity index (χ0v) is 14.2. The molecule has 0 aliphatic carbocycles. The summed E-state index contributed by atoms with van der Waals surface area (Å²) in [5.41, 5.74) is 6.71. The normalized spacial score (nSPS) is 11.3. The lowest BCUT2D eigenvalue weighted by molar-refractivity contribution is 0.415. The van der Waals surface area contributed by atoms with Gasteiger partial charge in [0.1, 0.15) is 11.3 Å². The predicted molar refractivity (Wildman–Crippen MR) is 103 cm³/mol. The fraction of sp³-hybridized carbons (Fsp3) is 0.0476. The molecular weight excluding hydrogens is 324 g/mol. The Bertz CT molecular complexity index is 1240. The molecule has 5 rings (SSSR count). The van der Waals surface area contributed by atoms with Gasteiger partial charge in [-0.2, -0.15) is 0 Å². The van der Waals surface area contributed by atoms with Gasteiger partial charge in [0.25, 0.3) is 0 Å². The van der Waals surface area contributed by atoms with Gasteiger partial charge in [0.15, 0.2) is 5.65 Å². The Kier molecular flexibility index (Phi) is 3.25. The minimum Gasteiger partial charge on any atom is -0.497 e. The molecule has 5 heteroatoms. The van der Waals surface area contributed by atoms with Crippen molar-refractivity contribution in [1.82, 2.24) is 19.9 Å². The van der Waals surface area contributed by atoms with E-state index < -0.39 is 0 Å². The van der Waals surface area contributed by atoms with Gasteiger partial charge in [0.2, 0.25) is 0 Å². The van der Waals surface area contributed by atoms with E-state index in [9.17, 15) is 0 Å². The number of H-pyrrole nitrogens is 2. The first kappa shape index (κ1) is 14.7. The molecule has 0 spiro atoms. The topological polar surface area (TPSA) is 66.6 Å². The van der Waals surface area contributed by atoms with E-state index in [1.807, 2.05) is 36.7 Å². The van der Waals surface area contributed by atoms with Crippen LogP contribution in [-0.2, 0) is 0 Å². The van der Waals surface area contributed by atoms with Crippen molar-refractivity contribution >= 4 is 22.1 Å². The summed E-state index contributed by atoms with van der Waals surface area (Å²) in [6, 6.07) is 16.3. The lowest BCUT2D eigenvalue weighted by atomic mass is 10.1. The molecule has 2 aromatic carbocycles. The van der Waals surface area contributed by atoms with Crippen LogP contribution in [0.25, 0.3) is 44.5 Å². The SMILES string of the molecule is COc1cccc(-c2cnc3[nH]cc(-c4ccc5[nH]ccc5c4)c3n2)c1. The average molecular weight is 340 g/mol. The van der Waals surface area contributed by atoms with Gasteiger partial charge in [-0.05, 0) is 41.3 Å². The van der Waals surface area contributed by atoms with Crippen molar-refractivity contribution in [2.24, 2.45) is 0 Å². The molecule has 0 saturated heterocycles. The van der Waals surface area contributed by atoms with Crippen LogP contribution in [-0.4, -0.2) is 27.0 Å². The molecule has 0 fully saturated rings. The Morgan fingerprint density at radius 1 is 0.962 bits per heavy atom. The molecule has 26 heavy (non-hydrogen) atoms. The first-order valence-corrected chi connectivity index (χ1v) is 8.38. The van der Waals surface area contributed by atoms with E-state index in [1.54, 1.807) is 13.3 Å². The van der Waals surface area contributed by atoms with E-state index in [0.717, 1.165) is 44.8 Å². The molecule has 2 N–H and O–H groups in total. The molecule has 0 unspecified atom stereocenters. The molecule has 0 bridgehead atoms. The Labute approximate surface area is 149 Å². The summed E-state index contributed by atoms with van der Waals surface area (Å²) in [6.45, 7) is 0. The number of aromatic nitrogens is 4. The molecule has 0 aliphatic rings. The van der Waals surface area contributed by atoms with Crippen LogP contribution in [0.1, 0.15) is 0 Å². The smallest absolute Gasteiger partial charge is 0.156 e. The van der Waals surface area contributed by atoms with E-state index >= 15 is 0 Å². The van der Waals surface area contributed by atoms with Crippen LogP contribution < -0.4 is 4.74 Å². The maximum atomic E-state index is 5.32. The van der Waals surface area contributed by atoms with Crippen LogP contribution in [0.5, 0.6) is 5.75 Å². The zero-order chi connectivity index (χ0) is 17.5. The number of hydrogen-bond acceptors (Lipinski definition) is 3. The summed E-state index contributed by atoms with van der Waals surface area (Å²) in [7, 11) is 1.66. The van der Waals surface area contributed by atoms with Crippen molar-refractivity contribution in [3.05, 3.63) is 67.1 Å². The highest BCUT2D eigenvalue weighted by Gasteiger charge is 2.11. The average Bonchev–Trinajstić information content (AvgIpc) is 3.33. The lowest BCUT2D eigenvalue weighted by Gasteiger charge is -2.05. The number of methoxy groups -OCH3 is 1. The van der Waals surface area contributed by atoms with Gasteiger partial charge >= 0.3 is 0 Å². The third-order valence-corrected chi connectivity index (χ3v) is 4.61. The van der Waals surface area contributed by atoms with E-state index in [1.165, 1.54) is 5.39 Å². The van der Waals surface area contributed by atoms with Crippen molar-refractivity contribution < 1.29 is 4.74 Å². The molecule has 3 aromatic heterocycles. The van der Waals surface area contributed by atoms with Crippen molar-refractivity contribution in [2.75, 3.05) is 7.11 Å². The molecule has 3 heterocycles. The number of hydrogen-bond donors (Lipinski definition) is 2. The van der Waals surface area contributed by atoms with E-state index in [0.29, 0.717) is 0 Å². The highest BCUT2D eigenvalue weighted by atomic mass is 16.5. The largest absolute Gasteiger partial charge is 0.497 e. The molecule has 5 aromatic rings. The summed E-state index contributed by atoms with van der Waals surface area (Å²) in [4.78, 5) is 15.9. The van der Waals surface area contributed by atoms with Gasteiger partial charge in [-0.25, -0.2) is 9.97 Å². The number of nitrogens with zero attached hydrogens (tertiary/aromatic N) is 2. The Morgan fingerprint density at radius 2 is 1.92 bits per heavy atom. The van der Waals surface area contributed by atoms with Crippen LogP contribution in [0.4, 0.5) is 0 Å². The zero-order valence-electron chi connectivity index (χ0n) is 14.2. The fourth-order valence-electron chi connectivity index (χ4n) is 3.25. The Hall–Kier alpha value is -3.60. The highest BCUT2D eigenvalue weighted by Crippen LogP contribution is 2.31. The second kappa shape index (κ2) is 5.74. The number of rotatable bonds is 3. The molecule has 0 saturated carbocycles. The van der Waals surface area contributed by atoms with Crippen LogP contribution in [0.15, 0.2) is 67.1 Å². The second-order valence-electron chi connectivity index (χ2n) is 6.17. The van der Waals surface area contributed by atoms with Crippen LogP contribution in [0, 0.1) is 0 Å². The van der Waals surface area contributed by atoms with Crippen molar-refractivity contribution in [1.29, 1.82) is 0 Å². The van der Waals surface area contributed by atoms with E-state index in [4.69, 9.17) is 9.72 Å². The van der Waals surface area contributed by atoms with Crippen LogP contribution in [0.3, 0.4) is 0 Å². The molecule has 126 valence electrons. The lowest BCUT2D eigenvalue weighted by Crippen LogP contribution is -1.89. The molecular formula is C21H16N4O. The third-order valence-electron chi connectivity index (χ3n) is 4.61. The monoisotopic (exact) mass is 340 g/mol. The first-order valence-electron chi connectivity index (χ1n) is 8.38. The molecule has 0 radical (unpaired) electrons. The summed E-state index contributed by atoms with van der Waals surface area (Å²) < 4.78 is 5.32. The molecule has 0 aliphatic heterocycles. The molecule has 0 amide bonds. The summed E-state index contributed by atoms with van der Waals surface area (Å²) in [6.07, 6.45) is 5.70. The second-order valence-corrected chi connectivity index (χ2v) is 6.17. The van der Waals surface area contributed by atoms with Gasteiger partial charge in [-0.1, -0.05) is 18.2 Å². The Balaban J connectivity index is 1.67. The fourth-order valence-corrected chi connectivity index (χ4v) is 3.25. The quantitative estimate of drug-likeness (QED) is 0.496. The van der Waals surface area contributed by atoms with Gasteiger partial charge in [0.05, 0.1) is 19.0 Å². The number of nitrogens with one attached hydrogen (secondary N) is 2. The van der Waals surface area contributed by atoms with Crippen LogP contribution in [0.2, 0.25) is 0 Å². The maximum absolute atomic E-state index is 5.32. The van der Waals surface area contributed by atoms with Crippen LogP contribution >= 0.6 is 0 Å². The molecule has 5 nitrogen and oxygen atoms in total. The number of fused-ring (bicyclic) bond motifs is 2. The standard InChI is InChI=1S/C21H16N4O/c1-26-16-4-2-3-14(10-16)19-12-24-21-20(25-19)17(11-23-21)13-5-6-18-15(9-13)7-8-22-18/h2-12,22H,1H3,(H,23,24).